The molecule has 0 spiro atoms. The van der Waals surface area contributed by atoms with E-state index in [0.717, 1.165) is 6.20 Å². The molecule has 0 aromatic carbocycles. The lowest BCUT2D eigenvalue weighted by molar-refractivity contribution is 0.150. The Balaban J connectivity index is 3.43. The third-order valence-corrected chi connectivity index (χ3v) is 1.75. The molecular weight excluding hydrogens is 192 g/mol. The van der Waals surface area contributed by atoms with E-state index in [-0.39, 0.29) is 16.9 Å². The first-order valence-corrected chi connectivity index (χ1v) is 3.68. The third kappa shape index (κ3) is 1.63. The van der Waals surface area contributed by atoms with Crippen molar-refractivity contribution in [3.8, 4) is 6.07 Å². The molecule has 0 saturated carbocycles. The lowest BCUT2D eigenvalue weighted by Gasteiger charge is -2.08. The molecule has 0 unspecified atom stereocenters. The highest BCUT2D eigenvalue weighted by atomic mass is 19.3. The van der Waals surface area contributed by atoms with Gasteiger partial charge in [0, 0.05) is 11.8 Å². The van der Waals surface area contributed by atoms with Crippen molar-refractivity contribution in [2.24, 2.45) is 0 Å². The molecule has 0 aliphatic carbocycles. The monoisotopic (exact) mass is 199 g/mol. The maximum Gasteiger partial charge on any atom is 0.266 e. The Morgan fingerprint density at radius 2 is 2.29 bits per heavy atom. The molecule has 0 saturated heterocycles. The zero-order valence-corrected chi connectivity index (χ0v) is 7.04. The topological polar surface area (TPSA) is 82.9 Å². The third-order valence-electron chi connectivity index (χ3n) is 1.75. The van der Waals surface area contributed by atoms with Crippen LogP contribution in [0.5, 0.6) is 0 Å². The zero-order chi connectivity index (χ0) is 10.7. The van der Waals surface area contributed by atoms with Crippen LogP contribution in [0.4, 0.5) is 14.6 Å². The predicted molar refractivity (Wildman–Crippen MR) is 44.2 cm³/mol. The number of alkyl halides is 2. The summed E-state index contributed by atoms with van der Waals surface area (Å²) < 4.78 is 24.7. The van der Waals surface area contributed by atoms with E-state index in [9.17, 15) is 8.78 Å². The first kappa shape index (κ1) is 10.3. The minimum atomic E-state index is -2.80. The van der Waals surface area contributed by atoms with Crippen molar-refractivity contribution in [3.05, 3.63) is 22.9 Å². The molecular formula is C8H7F2N3O. The highest BCUT2D eigenvalue weighted by Crippen LogP contribution is 2.26. The van der Waals surface area contributed by atoms with Crippen molar-refractivity contribution in [1.82, 2.24) is 4.98 Å². The van der Waals surface area contributed by atoms with E-state index in [1.54, 1.807) is 6.07 Å². The summed E-state index contributed by atoms with van der Waals surface area (Å²) in [5, 5.41) is 17.4. The first-order valence-electron chi connectivity index (χ1n) is 3.68. The van der Waals surface area contributed by atoms with E-state index < -0.39 is 18.6 Å². The maximum atomic E-state index is 12.3. The summed E-state index contributed by atoms with van der Waals surface area (Å²) in [7, 11) is 0. The summed E-state index contributed by atoms with van der Waals surface area (Å²) in [6.45, 7) is -0.581. The van der Waals surface area contributed by atoms with Crippen molar-refractivity contribution in [3.63, 3.8) is 0 Å². The number of nitrogen functional groups attached to an aromatic ring is 1. The van der Waals surface area contributed by atoms with Crippen molar-refractivity contribution >= 4 is 5.82 Å². The van der Waals surface area contributed by atoms with Gasteiger partial charge in [0.25, 0.3) is 6.43 Å². The van der Waals surface area contributed by atoms with Crippen molar-refractivity contribution in [2.45, 2.75) is 13.0 Å². The number of pyridine rings is 1. The predicted octanol–water partition coefficient (Wildman–Crippen LogP) is 0.965. The van der Waals surface area contributed by atoms with Crippen LogP contribution in [0.1, 0.15) is 23.1 Å². The second-order valence-electron chi connectivity index (χ2n) is 2.52. The molecule has 0 atom stereocenters. The molecule has 1 aromatic heterocycles. The number of nitriles is 1. The van der Waals surface area contributed by atoms with Crippen LogP contribution in [-0.2, 0) is 6.61 Å². The quantitative estimate of drug-likeness (QED) is 0.743. The molecule has 0 radical (unpaired) electrons. The molecule has 74 valence electrons. The maximum absolute atomic E-state index is 12.3. The van der Waals surface area contributed by atoms with Gasteiger partial charge in [0.15, 0.2) is 0 Å². The Bertz CT molecular complexity index is 387. The lowest BCUT2D eigenvalue weighted by atomic mass is 10.1. The van der Waals surface area contributed by atoms with Crippen LogP contribution in [0, 0.1) is 11.3 Å². The molecule has 1 heterocycles. The van der Waals surface area contributed by atoms with Crippen LogP contribution in [-0.4, -0.2) is 10.1 Å². The van der Waals surface area contributed by atoms with Crippen LogP contribution < -0.4 is 5.73 Å². The number of nitrogens with two attached hydrogens (primary N) is 1. The molecule has 4 nitrogen and oxygen atoms in total. The van der Waals surface area contributed by atoms with Crippen LogP contribution in [0.15, 0.2) is 6.20 Å². The Labute approximate surface area is 78.6 Å². The number of anilines is 1. The molecule has 0 aliphatic heterocycles. The SMILES string of the molecule is N#Cc1c(C(F)F)cnc(N)c1CO. The molecule has 3 N–H and O–H groups in total. The normalized spacial score (nSPS) is 10.2. The average Bonchev–Trinajstić information content (AvgIpc) is 2.16. The highest BCUT2D eigenvalue weighted by Gasteiger charge is 2.18. The number of hydrogen-bond donors (Lipinski definition) is 2. The van der Waals surface area contributed by atoms with E-state index >= 15 is 0 Å². The van der Waals surface area contributed by atoms with E-state index in [0.29, 0.717) is 0 Å². The van der Waals surface area contributed by atoms with Gasteiger partial charge in [-0.05, 0) is 0 Å². The van der Waals surface area contributed by atoms with E-state index in [1.807, 2.05) is 0 Å². The highest BCUT2D eigenvalue weighted by molar-refractivity contribution is 5.53. The van der Waals surface area contributed by atoms with Crippen molar-refractivity contribution in [2.75, 3.05) is 5.73 Å². The number of halogens is 2. The number of aliphatic hydroxyl groups excluding tert-OH is 1. The second kappa shape index (κ2) is 3.98. The fourth-order valence-corrected chi connectivity index (χ4v) is 1.04. The number of hydrogen-bond acceptors (Lipinski definition) is 4. The van der Waals surface area contributed by atoms with Gasteiger partial charge in [0.05, 0.1) is 17.7 Å². The zero-order valence-electron chi connectivity index (χ0n) is 7.04. The smallest absolute Gasteiger partial charge is 0.266 e. The first-order chi connectivity index (χ1) is 6.61. The van der Waals surface area contributed by atoms with E-state index in [1.165, 1.54) is 0 Å². The molecule has 0 aliphatic rings. The standard InChI is InChI=1S/C8H7F2N3O/c9-7(10)5-2-13-8(12)6(3-14)4(5)1-11/h2,7,14H,3H2,(H2,12,13). The van der Waals surface area contributed by atoms with Gasteiger partial charge in [0.1, 0.15) is 11.9 Å². The van der Waals surface area contributed by atoms with Gasteiger partial charge in [-0.2, -0.15) is 5.26 Å². The van der Waals surface area contributed by atoms with Gasteiger partial charge >= 0.3 is 0 Å². The average molecular weight is 199 g/mol. The van der Waals surface area contributed by atoms with E-state index in [4.69, 9.17) is 16.1 Å². The van der Waals surface area contributed by atoms with Crippen LogP contribution in [0.2, 0.25) is 0 Å². The van der Waals surface area contributed by atoms with Crippen molar-refractivity contribution in [1.29, 1.82) is 5.26 Å². The largest absolute Gasteiger partial charge is 0.391 e. The molecule has 1 rings (SSSR count). The fraction of sp³-hybridized carbons (Fsp3) is 0.250. The van der Waals surface area contributed by atoms with Gasteiger partial charge in [-0.25, -0.2) is 13.8 Å². The lowest BCUT2D eigenvalue weighted by Crippen LogP contribution is -2.05. The Morgan fingerprint density at radius 3 is 2.71 bits per heavy atom. The van der Waals surface area contributed by atoms with Gasteiger partial charge < -0.3 is 10.8 Å². The Hall–Kier alpha value is -1.74. The van der Waals surface area contributed by atoms with Crippen LogP contribution in [0.3, 0.4) is 0 Å². The molecule has 0 fully saturated rings. The summed E-state index contributed by atoms with van der Waals surface area (Å²) in [5.74, 6) is -0.103. The summed E-state index contributed by atoms with van der Waals surface area (Å²) in [5.41, 5.74) is 4.45. The summed E-state index contributed by atoms with van der Waals surface area (Å²) in [6, 6.07) is 1.58. The molecule has 14 heavy (non-hydrogen) atoms. The summed E-state index contributed by atoms with van der Waals surface area (Å²) in [6.07, 6.45) is -1.96. The minimum Gasteiger partial charge on any atom is -0.391 e. The van der Waals surface area contributed by atoms with Gasteiger partial charge in [-0.3, -0.25) is 0 Å². The van der Waals surface area contributed by atoms with Gasteiger partial charge in [0.2, 0.25) is 0 Å². The molecule has 6 heteroatoms. The molecule has 0 amide bonds. The van der Waals surface area contributed by atoms with Crippen molar-refractivity contribution < 1.29 is 13.9 Å². The van der Waals surface area contributed by atoms with Gasteiger partial charge in [-0.1, -0.05) is 0 Å². The number of rotatable bonds is 2. The molecule has 0 bridgehead atoms. The summed E-state index contributed by atoms with van der Waals surface area (Å²) in [4.78, 5) is 3.47. The fourth-order valence-electron chi connectivity index (χ4n) is 1.04. The Kier molecular flexibility index (Phi) is 2.94. The van der Waals surface area contributed by atoms with Crippen LogP contribution >= 0.6 is 0 Å². The van der Waals surface area contributed by atoms with Gasteiger partial charge in [-0.15, -0.1) is 0 Å². The van der Waals surface area contributed by atoms with Crippen LogP contribution in [0.25, 0.3) is 0 Å². The number of nitrogens with zero attached hydrogens (tertiary/aromatic N) is 2. The number of aliphatic hydroxyl groups is 1. The summed E-state index contributed by atoms with van der Waals surface area (Å²) >= 11 is 0. The second-order valence-corrected chi connectivity index (χ2v) is 2.52. The minimum absolute atomic E-state index is 0.0506. The van der Waals surface area contributed by atoms with E-state index in [2.05, 4.69) is 4.98 Å². The number of aromatic nitrogens is 1. The molecule has 1 aromatic rings. The Morgan fingerprint density at radius 1 is 1.64 bits per heavy atom.